The first kappa shape index (κ1) is 14.3. The van der Waals surface area contributed by atoms with Crippen molar-refractivity contribution in [2.45, 2.75) is 31.8 Å². The smallest absolute Gasteiger partial charge is 0.252 e. The van der Waals surface area contributed by atoms with Gasteiger partial charge < -0.3 is 10.6 Å². The lowest BCUT2D eigenvalue weighted by Gasteiger charge is -2.30. The first-order valence-corrected chi connectivity index (χ1v) is 7.94. The van der Waals surface area contributed by atoms with Crippen LogP contribution in [-0.4, -0.2) is 24.5 Å². The first-order valence-electron chi connectivity index (χ1n) is 6.07. The third-order valence-corrected chi connectivity index (χ3v) is 4.61. The molecule has 2 rings (SSSR count). The van der Waals surface area contributed by atoms with Gasteiger partial charge in [-0.15, -0.1) is 0 Å². The second-order valence-electron chi connectivity index (χ2n) is 4.59. The summed E-state index contributed by atoms with van der Waals surface area (Å²) in [4.78, 5) is 12.3. The molecular weight excluding hydrogens is 407 g/mol. The lowest BCUT2D eigenvalue weighted by atomic mass is 9.99. The number of nitrogens with one attached hydrogen (secondary N) is 2. The quantitative estimate of drug-likeness (QED) is 0.719. The van der Waals surface area contributed by atoms with Gasteiger partial charge in [0.2, 0.25) is 0 Å². The SMILES string of the molecule is CC1NCCCC1NC(=O)c1cc(I)ccc1Br. The topological polar surface area (TPSA) is 41.1 Å². The van der Waals surface area contributed by atoms with Crippen LogP contribution in [0.1, 0.15) is 30.1 Å². The van der Waals surface area contributed by atoms with Crippen LogP contribution >= 0.6 is 38.5 Å². The summed E-state index contributed by atoms with van der Waals surface area (Å²) in [6, 6.07) is 6.35. The van der Waals surface area contributed by atoms with Crippen LogP contribution in [0.15, 0.2) is 22.7 Å². The highest BCUT2D eigenvalue weighted by atomic mass is 127. The van der Waals surface area contributed by atoms with E-state index in [1.807, 2.05) is 18.2 Å². The highest BCUT2D eigenvalue weighted by Gasteiger charge is 2.23. The van der Waals surface area contributed by atoms with Gasteiger partial charge in [0, 0.05) is 20.1 Å². The second kappa shape index (κ2) is 6.34. The Bertz CT molecular complexity index is 453. The van der Waals surface area contributed by atoms with Crippen molar-refractivity contribution in [2.75, 3.05) is 6.54 Å². The Labute approximate surface area is 129 Å². The van der Waals surface area contributed by atoms with E-state index in [9.17, 15) is 4.79 Å². The number of hydrogen-bond acceptors (Lipinski definition) is 2. The molecule has 0 aromatic heterocycles. The van der Waals surface area contributed by atoms with Crippen LogP contribution in [0, 0.1) is 3.57 Å². The minimum Gasteiger partial charge on any atom is -0.348 e. The number of benzene rings is 1. The number of amides is 1. The van der Waals surface area contributed by atoms with Crippen LogP contribution in [-0.2, 0) is 0 Å². The molecule has 0 aliphatic carbocycles. The maximum atomic E-state index is 12.3. The Morgan fingerprint density at radius 2 is 2.33 bits per heavy atom. The van der Waals surface area contributed by atoms with Crippen molar-refractivity contribution in [1.29, 1.82) is 0 Å². The van der Waals surface area contributed by atoms with E-state index in [4.69, 9.17) is 0 Å². The van der Waals surface area contributed by atoms with Crippen LogP contribution in [0.3, 0.4) is 0 Å². The molecule has 1 aliphatic heterocycles. The number of hydrogen-bond donors (Lipinski definition) is 2. The number of carbonyl (C=O) groups is 1. The van der Waals surface area contributed by atoms with E-state index >= 15 is 0 Å². The lowest BCUT2D eigenvalue weighted by Crippen LogP contribution is -2.51. The molecule has 1 amide bonds. The van der Waals surface area contributed by atoms with Gasteiger partial charge in [0.25, 0.3) is 5.91 Å². The molecule has 1 saturated heterocycles. The third-order valence-electron chi connectivity index (χ3n) is 3.25. The van der Waals surface area contributed by atoms with Crippen LogP contribution < -0.4 is 10.6 Å². The Hall–Kier alpha value is -0.140. The van der Waals surface area contributed by atoms with E-state index in [-0.39, 0.29) is 11.9 Å². The van der Waals surface area contributed by atoms with Crippen molar-refractivity contribution >= 4 is 44.4 Å². The minimum absolute atomic E-state index is 0.000871. The van der Waals surface area contributed by atoms with Gasteiger partial charge in [0.15, 0.2) is 0 Å². The maximum Gasteiger partial charge on any atom is 0.252 e. The van der Waals surface area contributed by atoms with E-state index in [0.29, 0.717) is 11.6 Å². The molecule has 2 unspecified atom stereocenters. The number of carbonyl (C=O) groups excluding carboxylic acids is 1. The van der Waals surface area contributed by atoms with Crippen molar-refractivity contribution in [3.63, 3.8) is 0 Å². The van der Waals surface area contributed by atoms with Gasteiger partial charge in [-0.25, -0.2) is 0 Å². The molecule has 1 aromatic carbocycles. The minimum atomic E-state index is 0.000871. The lowest BCUT2D eigenvalue weighted by molar-refractivity contribution is 0.0919. The van der Waals surface area contributed by atoms with Crippen molar-refractivity contribution < 1.29 is 4.79 Å². The fourth-order valence-corrected chi connectivity index (χ4v) is 3.08. The van der Waals surface area contributed by atoms with E-state index < -0.39 is 0 Å². The second-order valence-corrected chi connectivity index (χ2v) is 6.69. The molecule has 18 heavy (non-hydrogen) atoms. The standard InChI is InChI=1S/C13H16BrIN2O/c1-8-12(3-2-6-16-8)17-13(18)10-7-9(15)4-5-11(10)14/h4-5,7-8,12,16H,2-3,6H2,1H3,(H,17,18). The highest BCUT2D eigenvalue weighted by Crippen LogP contribution is 2.20. The molecule has 1 aliphatic rings. The highest BCUT2D eigenvalue weighted by molar-refractivity contribution is 14.1. The fourth-order valence-electron chi connectivity index (χ4n) is 2.16. The summed E-state index contributed by atoms with van der Waals surface area (Å²) in [6.45, 7) is 3.16. The molecule has 1 fully saturated rings. The zero-order chi connectivity index (χ0) is 13.1. The van der Waals surface area contributed by atoms with Gasteiger partial charge in [0.05, 0.1) is 5.56 Å². The Balaban J connectivity index is 2.09. The summed E-state index contributed by atoms with van der Waals surface area (Å²) in [5, 5.41) is 6.51. The molecule has 0 bridgehead atoms. The Kier molecular flexibility index (Phi) is 5.03. The Morgan fingerprint density at radius 1 is 1.56 bits per heavy atom. The van der Waals surface area contributed by atoms with E-state index in [2.05, 4.69) is 56.1 Å². The number of rotatable bonds is 2. The van der Waals surface area contributed by atoms with Gasteiger partial charge in [-0.2, -0.15) is 0 Å². The predicted octanol–water partition coefficient (Wildman–Crippen LogP) is 2.92. The fraction of sp³-hybridized carbons (Fsp3) is 0.462. The molecule has 0 spiro atoms. The van der Waals surface area contributed by atoms with Gasteiger partial charge in [-0.3, -0.25) is 4.79 Å². The molecular formula is C13H16BrIN2O. The first-order chi connectivity index (χ1) is 8.58. The summed E-state index contributed by atoms with van der Waals surface area (Å²) < 4.78 is 1.91. The molecule has 0 saturated carbocycles. The third kappa shape index (κ3) is 3.45. The molecule has 1 aromatic rings. The molecule has 3 nitrogen and oxygen atoms in total. The predicted molar refractivity (Wildman–Crippen MR) is 84.8 cm³/mol. The summed E-state index contributed by atoms with van der Waals surface area (Å²) in [7, 11) is 0. The summed E-state index contributed by atoms with van der Waals surface area (Å²) in [5.41, 5.74) is 0.708. The van der Waals surface area contributed by atoms with Gasteiger partial charge in [-0.05, 0) is 83.0 Å². The molecule has 2 atom stereocenters. The number of halogens is 2. The normalized spacial score (nSPS) is 23.7. The summed E-state index contributed by atoms with van der Waals surface area (Å²) in [6.07, 6.45) is 2.16. The van der Waals surface area contributed by atoms with Crippen LogP contribution in [0.4, 0.5) is 0 Å². The van der Waals surface area contributed by atoms with Gasteiger partial charge >= 0.3 is 0 Å². The molecule has 5 heteroatoms. The molecule has 1 heterocycles. The van der Waals surface area contributed by atoms with E-state index in [0.717, 1.165) is 27.4 Å². The zero-order valence-corrected chi connectivity index (χ0v) is 13.9. The van der Waals surface area contributed by atoms with Gasteiger partial charge in [0.1, 0.15) is 0 Å². The summed E-state index contributed by atoms with van der Waals surface area (Å²) >= 11 is 5.65. The average Bonchev–Trinajstić information content (AvgIpc) is 2.35. The average molecular weight is 423 g/mol. The van der Waals surface area contributed by atoms with Crippen LogP contribution in [0.2, 0.25) is 0 Å². The largest absolute Gasteiger partial charge is 0.348 e. The molecule has 98 valence electrons. The Morgan fingerprint density at radius 3 is 3.06 bits per heavy atom. The van der Waals surface area contributed by atoms with Crippen molar-refractivity contribution in [2.24, 2.45) is 0 Å². The number of piperidine rings is 1. The maximum absolute atomic E-state index is 12.3. The van der Waals surface area contributed by atoms with Gasteiger partial charge in [-0.1, -0.05) is 0 Å². The summed E-state index contributed by atoms with van der Waals surface area (Å²) in [5.74, 6) is 0.000871. The zero-order valence-electron chi connectivity index (χ0n) is 10.2. The van der Waals surface area contributed by atoms with Crippen molar-refractivity contribution in [1.82, 2.24) is 10.6 Å². The van der Waals surface area contributed by atoms with Crippen molar-refractivity contribution in [3.05, 3.63) is 31.8 Å². The monoisotopic (exact) mass is 422 g/mol. The molecule has 0 radical (unpaired) electrons. The van der Waals surface area contributed by atoms with Crippen LogP contribution in [0.5, 0.6) is 0 Å². The molecule has 2 N–H and O–H groups in total. The van der Waals surface area contributed by atoms with E-state index in [1.54, 1.807) is 0 Å². The van der Waals surface area contributed by atoms with Crippen LogP contribution in [0.25, 0.3) is 0 Å². The van der Waals surface area contributed by atoms with E-state index in [1.165, 1.54) is 0 Å². The van der Waals surface area contributed by atoms with Crippen molar-refractivity contribution in [3.8, 4) is 0 Å².